The van der Waals surface area contributed by atoms with Gasteiger partial charge in [0.05, 0.1) is 0 Å². The molecular weight excluding hydrogens is 315 g/mol. The largest absolute Gasteiger partial charge is 0.478 e. The molecule has 0 bridgehead atoms. The van der Waals surface area contributed by atoms with E-state index in [1.807, 2.05) is 0 Å². The second-order valence-corrected chi connectivity index (χ2v) is 5.22. The van der Waals surface area contributed by atoms with E-state index in [9.17, 15) is 9.90 Å². The average molecular weight is 323 g/mol. The number of carbonyl (C=O) groups is 1. The van der Waals surface area contributed by atoms with Crippen LogP contribution in [-0.4, -0.2) is 25.7 Å². The maximum Gasteiger partial charge on any atom is 0.339 e. The molecule has 6 nitrogen and oxygen atoms in total. The molecule has 0 aliphatic carbocycles. The van der Waals surface area contributed by atoms with Crippen LogP contribution in [0.2, 0.25) is 10.0 Å². The number of hydrogen-bond acceptors (Lipinski definition) is 4. The van der Waals surface area contributed by atoms with Gasteiger partial charge in [0.15, 0.2) is 5.65 Å². The summed E-state index contributed by atoms with van der Waals surface area (Å²) < 4.78 is 1.32. The fourth-order valence-corrected chi connectivity index (χ4v) is 2.56. The van der Waals surface area contributed by atoms with E-state index >= 15 is 0 Å². The third kappa shape index (κ3) is 2.51. The quantitative estimate of drug-likeness (QED) is 0.756. The number of anilines is 1. The highest BCUT2D eigenvalue weighted by atomic mass is 35.5. The van der Waals surface area contributed by atoms with Crippen LogP contribution in [0.15, 0.2) is 30.5 Å². The molecule has 0 saturated carbocycles. The van der Waals surface area contributed by atoms with Crippen molar-refractivity contribution < 1.29 is 9.90 Å². The molecule has 0 saturated heterocycles. The van der Waals surface area contributed by atoms with Crippen molar-refractivity contribution in [2.24, 2.45) is 0 Å². The van der Waals surface area contributed by atoms with Gasteiger partial charge in [0.25, 0.3) is 0 Å². The third-order valence-corrected chi connectivity index (χ3v) is 3.31. The molecule has 3 aromatic rings. The summed E-state index contributed by atoms with van der Waals surface area (Å²) >= 11 is 11.9. The Morgan fingerprint density at radius 2 is 1.81 bits per heavy atom. The van der Waals surface area contributed by atoms with E-state index in [-0.39, 0.29) is 17.2 Å². The number of aromatic carboxylic acids is 1. The molecule has 3 rings (SSSR count). The number of rotatable bonds is 2. The molecule has 106 valence electrons. The fourth-order valence-electron chi connectivity index (χ4n) is 2.04. The second kappa shape index (κ2) is 4.91. The number of halogens is 2. The van der Waals surface area contributed by atoms with E-state index in [4.69, 9.17) is 28.9 Å². The molecule has 2 aromatic heterocycles. The molecule has 0 amide bonds. The normalized spacial score (nSPS) is 11.0. The number of nitrogen functional groups attached to an aromatic ring is 1. The SMILES string of the molecule is Nc1nc2c(C(=O)O)cc(-c3cc(Cl)cc(Cl)c3)cn2n1. The lowest BCUT2D eigenvalue weighted by Gasteiger charge is -2.06. The van der Waals surface area contributed by atoms with Crippen LogP contribution in [-0.2, 0) is 0 Å². The molecule has 0 fully saturated rings. The van der Waals surface area contributed by atoms with Gasteiger partial charge < -0.3 is 10.8 Å². The first-order chi connectivity index (χ1) is 9.94. The summed E-state index contributed by atoms with van der Waals surface area (Å²) in [6, 6.07) is 6.44. The maximum absolute atomic E-state index is 11.4. The van der Waals surface area contributed by atoms with Gasteiger partial charge in [-0.1, -0.05) is 23.2 Å². The number of carboxylic acids is 1. The van der Waals surface area contributed by atoms with Crippen molar-refractivity contribution in [3.05, 3.63) is 46.1 Å². The predicted molar refractivity (Wildman–Crippen MR) is 79.8 cm³/mol. The number of nitrogens with zero attached hydrogens (tertiary/aromatic N) is 3. The highest BCUT2D eigenvalue weighted by molar-refractivity contribution is 6.35. The minimum Gasteiger partial charge on any atom is -0.478 e. The van der Waals surface area contributed by atoms with Crippen molar-refractivity contribution in [1.29, 1.82) is 0 Å². The molecule has 1 aromatic carbocycles. The van der Waals surface area contributed by atoms with Gasteiger partial charge in [0.2, 0.25) is 5.95 Å². The van der Waals surface area contributed by atoms with E-state index in [2.05, 4.69) is 10.1 Å². The van der Waals surface area contributed by atoms with Crippen molar-refractivity contribution in [2.75, 3.05) is 5.73 Å². The van der Waals surface area contributed by atoms with Crippen molar-refractivity contribution in [1.82, 2.24) is 14.6 Å². The Kier molecular flexibility index (Phi) is 3.19. The summed E-state index contributed by atoms with van der Waals surface area (Å²) in [4.78, 5) is 15.3. The van der Waals surface area contributed by atoms with E-state index in [0.717, 1.165) is 0 Å². The Hall–Kier alpha value is -2.31. The van der Waals surface area contributed by atoms with Gasteiger partial charge in [-0.3, -0.25) is 0 Å². The highest BCUT2D eigenvalue weighted by Crippen LogP contribution is 2.28. The Bertz CT molecular complexity index is 856. The highest BCUT2D eigenvalue weighted by Gasteiger charge is 2.15. The molecule has 0 atom stereocenters. The first-order valence-corrected chi connectivity index (χ1v) is 6.55. The van der Waals surface area contributed by atoms with Gasteiger partial charge >= 0.3 is 5.97 Å². The smallest absolute Gasteiger partial charge is 0.339 e. The number of carboxylic acid groups (broad SMARTS) is 1. The van der Waals surface area contributed by atoms with Gasteiger partial charge in [-0.25, -0.2) is 9.31 Å². The first kappa shape index (κ1) is 13.7. The fraction of sp³-hybridized carbons (Fsp3) is 0. The van der Waals surface area contributed by atoms with Crippen LogP contribution in [0.4, 0.5) is 5.95 Å². The molecular formula is C13H8Cl2N4O2. The molecule has 21 heavy (non-hydrogen) atoms. The van der Waals surface area contributed by atoms with E-state index < -0.39 is 5.97 Å². The van der Waals surface area contributed by atoms with Crippen LogP contribution in [0.5, 0.6) is 0 Å². The monoisotopic (exact) mass is 322 g/mol. The first-order valence-electron chi connectivity index (χ1n) is 5.80. The summed E-state index contributed by atoms with van der Waals surface area (Å²) in [5.41, 5.74) is 6.95. The average Bonchev–Trinajstić information content (AvgIpc) is 2.76. The minimum absolute atomic E-state index is 0.00113. The van der Waals surface area contributed by atoms with Crippen LogP contribution in [0.3, 0.4) is 0 Å². The Balaban J connectivity index is 2.30. The van der Waals surface area contributed by atoms with Crippen molar-refractivity contribution in [3.63, 3.8) is 0 Å². The minimum atomic E-state index is -1.12. The van der Waals surface area contributed by atoms with E-state index in [1.165, 1.54) is 10.6 Å². The molecule has 0 unspecified atom stereocenters. The summed E-state index contributed by atoms with van der Waals surface area (Å²) in [7, 11) is 0. The van der Waals surface area contributed by atoms with Crippen LogP contribution in [0.1, 0.15) is 10.4 Å². The van der Waals surface area contributed by atoms with E-state index in [0.29, 0.717) is 21.2 Å². The van der Waals surface area contributed by atoms with Gasteiger partial charge in [0, 0.05) is 21.8 Å². The van der Waals surface area contributed by atoms with Crippen molar-refractivity contribution >= 4 is 40.8 Å². The lowest BCUT2D eigenvalue weighted by Crippen LogP contribution is -2.02. The van der Waals surface area contributed by atoms with Gasteiger partial charge in [-0.15, -0.1) is 5.10 Å². The number of hydrogen-bond donors (Lipinski definition) is 2. The van der Waals surface area contributed by atoms with Crippen molar-refractivity contribution in [3.8, 4) is 11.1 Å². The summed E-state index contributed by atoms with van der Waals surface area (Å²) in [5.74, 6) is -1.12. The summed E-state index contributed by atoms with van der Waals surface area (Å²) in [6.45, 7) is 0. The van der Waals surface area contributed by atoms with Crippen molar-refractivity contribution in [2.45, 2.75) is 0 Å². The maximum atomic E-state index is 11.4. The molecule has 0 aliphatic heterocycles. The zero-order valence-electron chi connectivity index (χ0n) is 10.4. The Morgan fingerprint density at radius 1 is 1.14 bits per heavy atom. The van der Waals surface area contributed by atoms with Gasteiger partial charge in [0.1, 0.15) is 5.56 Å². The molecule has 0 spiro atoms. The molecule has 2 heterocycles. The molecule has 0 radical (unpaired) electrons. The molecule has 0 aliphatic rings. The molecule has 3 N–H and O–H groups in total. The van der Waals surface area contributed by atoms with Crippen LogP contribution in [0.25, 0.3) is 16.8 Å². The lowest BCUT2D eigenvalue weighted by molar-refractivity contribution is 0.0698. The third-order valence-electron chi connectivity index (χ3n) is 2.88. The zero-order chi connectivity index (χ0) is 15.1. The van der Waals surface area contributed by atoms with Crippen LogP contribution < -0.4 is 5.73 Å². The second-order valence-electron chi connectivity index (χ2n) is 4.34. The van der Waals surface area contributed by atoms with Gasteiger partial charge in [-0.05, 0) is 29.8 Å². The van der Waals surface area contributed by atoms with E-state index in [1.54, 1.807) is 24.4 Å². The Morgan fingerprint density at radius 3 is 2.43 bits per heavy atom. The summed E-state index contributed by atoms with van der Waals surface area (Å²) in [6.07, 6.45) is 1.62. The van der Waals surface area contributed by atoms with Crippen LogP contribution >= 0.6 is 23.2 Å². The van der Waals surface area contributed by atoms with Gasteiger partial charge in [-0.2, -0.15) is 4.98 Å². The number of benzene rings is 1. The Labute approximate surface area is 128 Å². The molecule has 8 heteroatoms. The van der Waals surface area contributed by atoms with Crippen LogP contribution in [0, 0.1) is 0 Å². The topological polar surface area (TPSA) is 93.5 Å². The number of nitrogens with two attached hydrogens (primary N) is 1. The lowest BCUT2D eigenvalue weighted by atomic mass is 10.1. The standard InChI is InChI=1S/C13H8Cl2N4O2/c14-8-1-6(2-9(15)4-8)7-3-10(12(20)21)11-17-13(16)18-19(11)5-7/h1-5H,(H2,16,18)(H,20,21). The summed E-state index contributed by atoms with van der Waals surface area (Å²) in [5, 5.41) is 14.1. The number of aromatic nitrogens is 3. The number of pyridine rings is 1. The predicted octanol–water partition coefficient (Wildman–Crippen LogP) is 2.98. The zero-order valence-corrected chi connectivity index (χ0v) is 11.9. The number of fused-ring (bicyclic) bond motifs is 1.